The molecule has 0 atom stereocenters. The Labute approximate surface area is 149 Å². The Bertz CT molecular complexity index is 708. The number of benzene rings is 2. The van der Waals surface area contributed by atoms with Crippen molar-refractivity contribution >= 4 is 23.2 Å². The summed E-state index contributed by atoms with van der Waals surface area (Å²) in [7, 11) is 1.56. The van der Waals surface area contributed by atoms with Crippen LogP contribution in [-0.2, 0) is 11.2 Å². The molecule has 1 amide bonds. The van der Waals surface area contributed by atoms with Crippen LogP contribution < -0.4 is 10.1 Å². The molecular formula is C20H24ClNO2. The molecule has 0 aliphatic carbocycles. The van der Waals surface area contributed by atoms with E-state index in [0.717, 1.165) is 11.1 Å². The molecule has 0 saturated heterocycles. The van der Waals surface area contributed by atoms with Crippen LogP contribution in [0.4, 0.5) is 5.69 Å². The summed E-state index contributed by atoms with van der Waals surface area (Å²) >= 11 is 6.08. The van der Waals surface area contributed by atoms with Crippen molar-refractivity contribution in [3.8, 4) is 5.75 Å². The lowest BCUT2D eigenvalue weighted by atomic mass is 10.0. The Balaban J connectivity index is 1.97. The predicted octanol–water partition coefficient (Wildman–Crippen LogP) is 5.35. The van der Waals surface area contributed by atoms with Gasteiger partial charge < -0.3 is 10.1 Å². The number of hydrogen-bond acceptors (Lipinski definition) is 2. The Hall–Kier alpha value is -2.00. The van der Waals surface area contributed by atoms with Crippen molar-refractivity contribution in [2.45, 2.75) is 39.5 Å². The van der Waals surface area contributed by atoms with Gasteiger partial charge in [-0.2, -0.15) is 0 Å². The van der Waals surface area contributed by atoms with Crippen LogP contribution in [0, 0.1) is 6.92 Å². The van der Waals surface area contributed by atoms with E-state index in [1.165, 1.54) is 5.56 Å². The molecule has 0 aromatic heterocycles. The molecule has 0 saturated carbocycles. The smallest absolute Gasteiger partial charge is 0.224 e. The fourth-order valence-electron chi connectivity index (χ4n) is 2.47. The van der Waals surface area contributed by atoms with E-state index in [2.05, 4.69) is 43.4 Å². The summed E-state index contributed by atoms with van der Waals surface area (Å²) in [6.07, 6.45) is 1.13. The second-order valence-corrected chi connectivity index (χ2v) is 6.65. The molecule has 2 rings (SSSR count). The van der Waals surface area contributed by atoms with E-state index >= 15 is 0 Å². The molecule has 0 unspecified atom stereocenters. The average molecular weight is 346 g/mol. The van der Waals surface area contributed by atoms with Crippen molar-refractivity contribution < 1.29 is 9.53 Å². The lowest BCUT2D eigenvalue weighted by Crippen LogP contribution is -2.13. The van der Waals surface area contributed by atoms with Gasteiger partial charge in [0.05, 0.1) is 12.8 Å². The van der Waals surface area contributed by atoms with Crippen LogP contribution in [0.1, 0.15) is 42.9 Å². The van der Waals surface area contributed by atoms with Crippen LogP contribution in [0.5, 0.6) is 5.75 Å². The number of amides is 1. The summed E-state index contributed by atoms with van der Waals surface area (Å²) in [5, 5.41) is 3.53. The summed E-state index contributed by atoms with van der Waals surface area (Å²) in [6.45, 7) is 6.24. The molecular weight excluding hydrogens is 322 g/mol. The molecule has 2 aromatic carbocycles. The second kappa shape index (κ2) is 8.20. The lowest BCUT2D eigenvalue weighted by Gasteiger charge is -2.12. The highest BCUT2D eigenvalue weighted by molar-refractivity contribution is 6.31. The van der Waals surface area contributed by atoms with Crippen LogP contribution in [0.3, 0.4) is 0 Å². The minimum Gasteiger partial charge on any atom is -0.495 e. The van der Waals surface area contributed by atoms with Gasteiger partial charge in [-0.15, -0.1) is 0 Å². The van der Waals surface area contributed by atoms with Crippen molar-refractivity contribution in [2.24, 2.45) is 0 Å². The van der Waals surface area contributed by atoms with E-state index in [9.17, 15) is 4.79 Å². The predicted molar refractivity (Wildman–Crippen MR) is 100 cm³/mol. The molecule has 128 valence electrons. The van der Waals surface area contributed by atoms with Gasteiger partial charge >= 0.3 is 0 Å². The largest absolute Gasteiger partial charge is 0.495 e. The molecule has 0 aliphatic heterocycles. The van der Waals surface area contributed by atoms with Crippen molar-refractivity contribution in [1.82, 2.24) is 0 Å². The quantitative estimate of drug-likeness (QED) is 0.766. The first-order valence-electron chi connectivity index (χ1n) is 8.13. The molecule has 0 heterocycles. The highest BCUT2D eigenvalue weighted by Crippen LogP contribution is 2.31. The SMILES string of the molecule is COc1cc(Cl)c(C)cc1NC(=O)CCc1ccc(C(C)C)cc1. The monoisotopic (exact) mass is 345 g/mol. The van der Waals surface area contributed by atoms with Crippen molar-refractivity contribution in [1.29, 1.82) is 0 Å². The minimum atomic E-state index is -0.0389. The maximum Gasteiger partial charge on any atom is 0.224 e. The first-order chi connectivity index (χ1) is 11.4. The third-order valence-corrected chi connectivity index (χ3v) is 4.45. The van der Waals surface area contributed by atoms with Crippen LogP contribution in [0.15, 0.2) is 36.4 Å². The van der Waals surface area contributed by atoms with Crippen molar-refractivity contribution in [3.63, 3.8) is 0 Å². The van der Waals surface area contributed by atoms with Gasteiger partial charge in [-0.25, -0.2) is 0 Å². The van der Waals surface area contributed by atoms with E-state index in [-0.39, 0.29) is 5.91 Å². The fraction of sp³-hybridized carbons (Fsp3) is 0.350. The summed E-state index contributed by atoms with van der Waals surface area (Å²) in [5.41, 5.74) is 4.02. The summed E-state index contributed by atoms with van der Waals surface area (Å²) in [5.74, 6) is 1.05. The van der Waals surface area contributed by atoms with Gasteiger partial charge in [0.2, 0.25) is 5.91 Å². The van der Waals surface area contributed by atoms with Gasteiger partial charge in [-0.05, 0) is 42.0 Å². The zero-order valence-electron chi connectivity index (χ0n) is 14.7. The van der Waals surface area contributed by atoms with E-state index in [4.69, 9.17) is 16.3 Å². The third kappa shape index (κ3) is 4.75. The molecule has 1 N–H and O–H groups in total. The summed E-state index contributed by atoms with van der Waals surface area (Å²) in [6, 6.07) is 12.0. The summed E-state index contributed by atoms with van der Waals surface area (Å²) < 4.78 is 5.28. The van der Waals surface area contributed by atoms with Gasteiger partial charge in [-0.1, -0.05) is 49.7 Å². The zero-order chi connectivity index (χ0) is 17.7. The number of anilines is 1. The van der Waals surface area contributed by atoms with Crippen LogP contribution in [0.25, 0.3) is 0 Å². The maximum atomic E-state index is 12.2. The van der Waals surface area contributed by atoms with Gasteiger partial charge in [-0.3, -0.25) is 4.79 Å². The summed E-state index contributed by atoms with van der Waals surface area (Å²) in [4.78, 5) is 12.2. The van der Waals surface area contributed by atoms with E-state index in [0.29, 0.717) is 35.2 Å². The van der Waals surface area contributed by atoms with E-state index in [1.807, 2.05) is 13.0 Å². The molecule has 0 fully saturated rings. The Morgan fingerprint density at radius 1 is 1.21 bits per heavy atom. The minimum absolute atomic E-state index is 0.0389. The standard InChI is InChI=1S/C20H24ClNO2/c1-13(2)16-8-5-15(6-9-16)7-10-20(23)22-18-11-14(3)17(21)12-19(18)24-4/h5-6,8-9,11-13H,7,10H2,1-4H3,(H,22,23). The van der Waals surface area contributed by atoms with Gasteiger partial charge in [0, 0.05) is 17.5 Å². The number of ether oxygens (including phenoxy) is 1. The maximum absolute atomic E-state index is 12.2. The first-order valence-corrected chi connectivity index (χ1v) is 8.51. The fourth-order valence-corrected chi connectivity index (χ4v) is 2.62. The average Bonchev–Trinajstić information content (AvgIpc) is 2.56. The number of methoxy groups -OCH3 is 1. The number of rotatable bonds is 6. The molecule has 4 heteroatoms. The number of carbonyl (C=O) groups is 1. The highest BCUT2D eigenvalue weighted by Gasteiger charge is 2.10. The normalized spacial score (nSPS) is 10.8. The number of carbonyl (C=O) groups excluding carboxylic acids is 1. The zero-order valence-corrected chi connectivity index (χ0v) is 15.4. The van der Waals surface area contributed by atoms with E-state index in [1.54, 1.807) is 13.2 Å². The van der Waals surface area contributed by atoms with Crippen LogP contribution >= 0.6 is 11.6 Å². The number of halogens is 1. The van der Waals surface area contributed by atoms with Crippen molar-refractivity contribution in [3.05, 3.63) is 58.1 Å². The number of aryl methyl sites for hydroxylation is 2. The van der Waals surface area contributed by atoms with Crippen molar-refractivity contribution in [2.75, 3.05) is 12.4 Å². The topological polar surface area (TPSA) is 38.3 Å². The molecule has 2 aromatic rings. The second-order valence-electron chi connectivity index (χ2n) is 6.25. The van der Waals surface area contributed by atoms with Crippen LogP contribution in [-0.4, -0.2) is 13.0 Å². The van der Waals surface area contributed by atoms with Gasteiger partial charge in [0.1, 0.15) is 5.75 Å². The molecule has 3 nitrogen and oxygen atoms in total. The third-order valence-electron chi connectivity index (χ3n) is 4.04. The highest BCUT2D eigenvalue weighted by atomic mass is 35.5. The Morgan fingerprint density at radius 3 is 2.46 bits per heavy atom. The molecule has 0 radical (unpaired) electrons. The lowest BCUT2D eigenvalue weighted by molar-refractivity contribution is -0.116. The number of nitrogens with one attached hydrogen (secondary N) is 1. The van der Waals surface area contributed by atoms with E-state index < -0.39 is 0 Å². The molecule has 0 bridgehead atoms. The number of hydrogen-bond donors (Lipinski definition) is 1. The molecule has 24 heavy (non-hydrogen) atoms. The Morgan fingerprint density at radius 2 is 1.88 bits per heavy atom. The molecule has 0 spiro atoms. The first kappa shape index (κ1) is 18.3. The van der Waals surface area contributed by atoms with Gasteiger partial charge in [0.25, 0.3) is 0 Å². The Kier molecular flexibility index (Phi) is 6.27. The van der Waals surface area contributed by atoms with Gasteiger partial charge in [0.15, 0.2) is 0 Å². The molecule has 0 aliphatic rings. The van der Waals surface area contributed by atoms with Crippen LogP contribution in [0.2, 0.25) is 5.02 Å².